The zero-order valence-electron chi connectivity index (χ0n) is 14.8. The maximum absolute atomic E-state index is 12.1. The molecular weight excluding hydrogens is 358 g/mol. The number of benzene rings is 1. The summed E-state index contributed by atoms with van der Waals surface area (Å²) in [6.45, 7) is 7.64. The van der Waals surface area contributed by atoms with Crippen LogP contribution in [0.3, 0.4) is 0 Å². The van der Waals surface area contributed by atoms with Gasteiger partial charge in [-0.15, -0.1) is 11.8 Å². The number of halogens is 1. The molecular formula is C18H24ClN3O2S. The summed E-state index contributed by atoms with van der Waals surface area (Å²) in [7, 11) is 1.72. The molecule has 1 amide bonds. The smallest absolute Gasteiger partial charge is 0.251 e. The highest BCUT2D eigenvalue weighted by molar-refractivity contribution is 8.00. The lowest BCUT2D eigenvalue weighted by Crippen LogP contribution is -2.35. The minimum atomic E-state index is -0.112. The number of nitrogens with one attached hydrogen (secondary N) is 1. The number of aryl methyl sites for hydroxylation is 1. The van der Waals surface area contributed by atoms with Crippen molar-refractivity contribution >= 4 is 40.2 Å². The number of rotatable bonds is 8. The Kier molecular flexibility index (Phi) is 7.35. The Bertz CT molecular complexity index is 803. The standard InChI is InChI=1S/C18H24ClN3O2S/c1-4-22(5-2)9-8-20-17(23)12-25-16-11-18(24)21(3)15-10-13(19)6-7-14(15)16/h6-7,10-11H,4-5,8-9,12H2,1-3H3,(H,20,23). The van der Waals surface area contributed by atoms with Crippen LogP contribution in [0, 0.1) is 0 Å². The molecule has 0 saturated heterocycles. The van der Waals surface area contributed by atoms with Gasteiger partial charge >= 0.3 is 0 Å². The fraction of sp³-hybridized carbons (Fsp3) is 0.444. The van der Waals surface area contributed by atoms with E-state index in [0.29, 0.717) is 11.6 Å². The van der Waals surface area contributed by atoms with Gasteiger partial charge in [-0.25, -0.2) is 0 Å². The number of nitrogens with zero attached hydrogens (tertiary/aromatic N) is 2. The molecule has 7 heteroatoms. The van der Waals surface area contributed by atoms with Gasteiger partial charge in [-0.3, -0.25) is 9.59 Å². The van der Waals surface area contributed by atoms with Crippen molar-refractivity contribution in [2.24, 2.45) is 7.05 Å². The lowest BCUT2D eigenvalue weighted by atomic mass is 10.2. The van der Waals surface area contributed by atoms with Crippen LogP contribution >= 0.6 is 23.4 Å². The van der Waals surface area contributed by atoms with Crippen molar-refractivity contribution in [2.45, 2.75) is 18.7 Å². The summed E-state index contributed by atoms with van der Waals surface area (Å²) in [4.78, 5) is 27.2. The Balaban J connectivity index is 2.02. The summed E-state index contributed by atoms with van der Waals surface area (Å²) in [5.74, 6) is 0.253. The second-order valence-corrected chi connectivity index (χ2v) is 7.19. The highest BCUT2D eigenvalue weighted by atomic mass is 35.5. The minimum absolute atomic E-state index is 0.0278. The van der Waals surface area contributed by atoms with Gasteiger partial charge in [0.2, 0.25) is 5.91 Å². The highest BCUT2D eigenvalue weighted by Gasteiger charge is 2.10. The summed E-state index contributed by atoms with van der Waals surface area (Å²) in [5, 5.41) is 4.44. The molecule has 0 aliphatic rings. The molecule has 0 radical (unpaired) electrons. The third-order valence-electron chi connectivity index (χ3n) is 4.18. The summed E-state index contributed by atoms with van der Waals surface area (Å²) in [6, 6.07) is 7.02. The van der Waals surface area contributed by atoms with Crippen LogP contribution < -0.4 is 10.9 Å². The van der Waals surface area contributed by atoms with Crippen LogP contribution in [0.15, 0.2) is 34.0 Å². The first kappa shape index (κ1) is 19.8. The molecule has 1 N–H and O–H groups in total. The monoisotopic (exact) mass is 381 g/mol. The van der Waals surface area contributed by atoms with Gasteiger partial charge in [0.25, 0.3) is 5.56 Å². The topological polar surface area (TPSA) is 54.3 Å². The number of hydrogen-bond donors (Lipinski definition) is 1. The van der Waals surface area contributed by atoms with Crippen molar-refractivity contribution in [3.8, 4) is 0 Å². The average molecular weight is 382 g/mol. The lowest BCUT2D eigenvalue weighted by Gasteiger charge is -2.18. The first-order valence-corrected chi connectivity index (χ1v) is 9.73. The molecule has 25 heavy (non-hydrogen) atoms. The van der Waals surface area contributed by atoms with Crippen molar-refractivity contribution < 1.29 is 4.79 Å². The predicted octanol–water partition coefficient (Wildman–Crippen LogP) is 2.74. The fourth-order valence-corrected chi connectivity index (χ4v) is 3.67. The molecule has 0 aliphatic heterocycles. The Morgan fingerprint density at radius 3 is 2.68 bits per heavy atom. The van der Waals surface area contributed by atoms with Crippen LogP contribution in [-0.4, -0.2) is 47.3 Å². The van der Waals surface area contributed by atoms with Crippen LogP contribution in [0.25, 0.3) is 10.9 Å². The molecule has 0 fully saturated rings. The van der Waals surface area contributed by atoms with Crippen LogP contribution in [0.4, 0.5) is 0 Å². The molecule has 0 spiro atoms. The lowest BCUT2D eigenvalue weighted by molar-refractivity contribution is -0.118. The maximum Gasteiger partial charge on any atom is 0.251 e. The number of aromatic nitrogens is 1. The molecule has 1 aromatic heterocycles. The zero-order chi connectivity index (χ0) is 18.4. The van der Waals surface area contributed by atoms with E-state index in [1.165, 1.54) is 11.8 Å². The molecule has 1 aromatic carbocycles. The molecule has 0 saturated carbocycles. The number of likely N-dealkylation sites (N-methyl/N-ethyl adjacent to an activating group) is 1. The summed E-state index contributed by atoms with van der Waals surface area (Å²) >= 11 is 7.41. The van der Waals surface area contributed by atoms with E-state index in [2.05, 4.69) is 24.1 Å². The number of thioether (sulfide) groups is 1. The quantitative estimate of drug-likeness (QED) is 0.714. The molecule has 0 bridgehead atoms. The first-order valence-electron chi connectivity index (χ1n) is 8.37. The van der Waals surface area contributed by atoms with Gasteiger partial charge in [0, 0.05) is 41.5 Å². The summed E-state index contributed by atoms with van der Waals surface area (Å²) in [6.07, 6.45) is 0. The first-order chi connectivity index (χ1) is 12.0. The molecule has 1 heterocycles. The van der Waals surface area contributed by atoms with E-state index < -0.39 is 0 Å². The molecule has 0 unspecified atom stereocenters. The van der Waals surface area contributed by atoms with Crippen molar-refractivity contribution in [1.29, 1.82) is 0 Å². The van der Waals surface area contributed by atoms with Gasteiger partial charge in [-0.2, -0.15) is 0 Å². The van der Waals surface area contributed by atoms with Crippen LogP contribution in [0.5, 0.6) is 0 Å². The average Bonchev–Trinajstić information content (AvgIpc) is 2.60. The number of hydrogen-bond acceptors (Lipinski definition) is 4. The third kappa shape index (κ3) is 5.23. The van der Waals surface area contributed by atoms with Crippen molar-refractivity contribution in [3.63, 3.8) is 0 Å². The normalized spacial score (nSPS) is 11.2. The Hall–Kier alpha value is -1.50. The minimum Gasteiger partial charge on any atom is -0.354 e. The van der Waals surface area contributed by atoms with Crippen LogP contribution in [-0.2, 0) is 11.8 Å². The molecule has 136 valence electrons. The van der Waals surface area contributed by atoms with E-state index in [1.807, 2.05) is 6.07 Å². The predicted molar refractivity (Wildman–Crippen MR) is 106 cm³/mol. The van der Waals surface area contributed by atoms with Gasteiger partial charge < -0.3 is 14.8 Å². The van der Waals surface area contributed by atoms with E-state index in [1.54, 1.807) is 29.8 Å². The Morgan fingerprint density at radius 2 is 2.00 bits per heavy atom. The van der Waals surface area contributed by atoms with Crippen molar-refractivity contribution in [2.75, 3.05) is 31.9 Å². The van der Waals surface area contributed by atoms with Crippen LogP contribution in [0.2, 0.25) is 5.02 Å². The number of fused-ring (bicyclic) bond motifs is 1. The SMILES string of the molecule is CCN(CC)CCNC(=O)CSc1cc(=O)n(C)c2cc(Cl)ccc12. The molecule has 2 aromatic rings. The van der Waals surface area contributed by atoms with Gasteiger partial charge in [0.1, 0.15) is 0 Å². The number of pyridine rings is 1. The molecule has 5 nitrogen and oxygen atoms in total. The zero-order valence-corrected chi connectivity index (χ0v) is 16.4. The summed E-state index contributed by atoms with van der Waals surface area (Å²) < 4.78 is 1.56. The number of carbonyl (C=O) groups excluding carboxylic acids is 1. The molecule has 0 aliphatic carbocycles. The highest BCUT2D eigenvalue weighted by Crippen LogP contribution is 2.27. The van der Waals surface area contributed by atoms with Gasteiger partial charge in [0.05, 0.1) is 11.3 Å². The maximum atomic E-state index is 12.1. The Morgan fingerprint density at radius 1 is 1.28 bits per heavy atom. The van der Waals surface area contributed by atoms with E-state index in [0.717, 1.165) is 35.4 Å². The van der Waals surface area contributed by atoms with Gasteiger partial charge in [0.15, 0.2) is 0 Å². The second-order valence-electron chi connectivity index (χ2n) is 5.73. The fourth-order valence-electron chi connectivity index (χ4n) is 2.60. The number of carbonyl (C=O) groups is 1. The third-order valence-corrected chi connectivity index (χ3v) is 5.47. The second kappa shape index (κ2) is 9.27. The van der Waals surface area contributed by atoms with Crippen molar-refractivity contribution in [3.05, 3.63) is 39.6 Å². The van der Waals surface area contributed by atoms with E-state index in [9.17, 15) is 9.59 Å². The van der Waals surface area contributed by atoms with E-state index >= 15 is 0 Å². The van der Waals surface area contributed by atoms with Crippen molar-refractivity contribution in [1.82, 2.24) is 14.8 Å². The Labute approximate surface area is 157 Å². The van der Waals surface area contributed by atoms with Gasteiger partial charge in [-0.1, -0.05) is 31.5 Å². The number of amides is 1. The van der Waals surface area contributed by atoms with E-state index in [-0.39, 0.29) is 17.2 Å². The molecule has 0 atom stereocenters. The van der Waals surface area contributed by atoms with Crippen LogP contribution in [0.1, 0.15) is 13.8 Å². The van der Waals surface area contributed by atoms with Gasteiger partial charge in [-0.05, 0) is 25.2 Å². The van der Waals surface area contributed by atoms with E-state index in [4.69, 9.17) is 11.6 Å². The largest absolute Gasteiger partial charge is 0.354 e. The summed E-state index contributed by atoms with van der Waals surface area (Å²) in [5.41, 5.74) is 0.656. The molecule has 2 rings (SSSR count).